The van der Waals surface area contributed by atoms with Gasteiger partial charge >= 0.3 is 0 Å². The molecule has 1 aromatic rings. The Morgan fingerprint density at radius 2 is 2.28 bits per heavy atom. The molecule has 1 aliphatic rings. The lowest BCUT2D eigenvalue weighted by Crippen LogP contribution is -2.36. The van der Waals surface area contributed by atoms with Gasteiger partial charge in [0.25, 0.3) is 0 Å². The van der Waals surface area contributed by atoms with Crippen LogP contribution >= 0.6 is 15.9 Å². The van der Waals surface area contributed by atoms with Gasteiger partial charge in [0.1, 0.15) is 10.7 Å². The van der Waals surface area contributed by atoms with E-state index in [4.69, 9.17) is 10.2 Å². The van der Waals surface area contributed by atoms with E-state index in [1.54, 1.807) is 0 Å². The fourth-order valence-corrected chi connectivity index (χ4v) is 4.64. The van der Waals surface area contributed by atoms with Crippen LogP contribution in [-0.2, 0) is 16.6 Å². The second kappa shape index (κ2) is 5.32. The van der Waals surface area contributed by atoms with Crippen molar-refractivity contribution in [3.63, 3.8) is 0 Å². The van der Waals surface area contributed by atoms with Gasteiger partial charge in [0.05, 0.1) is 6.54 Å². The first kappa shape index (κ1) is 14.0. The highest BCUT2D eigenvalue weighted by atomic mass is 79.9. The lowest BCUT2D eigenvalue weighted by Gasteiger charge is -2.16. The Morgan fingerprint density at radius 1 is 1.56 bits per heavy atom. The molecule has 1 heterocycles. The minimum atomic E-state index is -3.54. The van der Waals surface area contributed by atoms with E-state index < -0.39 is 10.0 Å². The SMILES string of the molecule is CC1CCCC1NS(=O)(=O)c1cc(CN)oc1Br. The zero-order valence-electron chi connectivity index (χ0n) is 10.1. The van der Waals surface area contributed by atoms with Gasteiger partial charge in [-0.05, 0) is 34.7 Å². The molecule has 3 N–H and O–H groups in total. The summed E-state index contributed by atoms with van der Waals surface area (Å²) >= 11 is 3.12. The number of hydrogen-bond acceptors (Lipinski definition) is 4. The van der Waals surface area contributed by atoms with Crippen LogP contribution in [0.3, 0.4) is 0 Å². The number of halogens is 1. The molecule has 7 heteroatoms. The van der Waals surface area contributed by atoms with Crippen molar-refractivity contribution >= 4 is 26.0 Å². The summed E-state index contributed by atoms with van der Waals surface area (Å²) in [5.74, 6) is 0.821. The van der Waals surface area contributed by atoms with Gasteiger partial charge in [-0.3, -0.25) is 0 Å². The summed E-state index contributed by atoms with van der Waals surface area (Å²) in [5, 5.41) is 0. The number of nitrogens with one attached hydrogen (secondary N) is 1. The number of hydrogen-bond donors (Lipinski definition) is 2. The zero-order chi connectivity index (χ0) is 13.3. The molecule has 0 amide bonds. The topological polar surface area (TPSA) is 85.3 Å². The highest BCUT2D eigenvalue weighted by Crippen LogP contribution is 2.29. The summed E-state index contributed by atoms with van der Waals surface area (Å²) in [5.41, 5.74) is 5.43. The highest BCUT2D eigenvalue weighted by Gasteiger charge is 2.30. The van der Waals surface area contributed by atoms with Gasteiger partial charge in [0.15, 0.2) is 4.67 Å². The third-order valence-electron chi connectivity index (χ3n) is 3.37. The molecular formula is C11H17BrN2O3S. The third kappa shape index (κ3) is 2.79. The Labute approximate surface area is 115 Å². The molecule has 2 rings (SSSR count). The summed E-state index contributed by atoms with van der Waals surface area (Å²) in [6.45, 7) is 2.24. The maximum atomic E-state index is 12.2. The van der Waals surface area contributed by atoms with Crippen molar-refractivity contribution in [2.45, 2.75) is 43.7 Å². The van der Waals surface area contributed by atoms with E-state index in [1.165, 1.54) is 6.07 Å². The van der Waals surface area contributed by atoms with Crippen molar-refractivity contribution in [3.05, 3.63) is 16.5 Å². The second-order valence-electron chi connectivity index (χ2n) is 4.69. The van der Waals surface area contributed by atoms with Crippen LogP contribution in [0.2, 0.25) is 0 Å². The van der Waals surface area contributed by atoms with E-state index >= 15 is 0 Å². The molecule has 1 fully saturated rings. The highest BCUT2D eigenvalue weighted by molar-refractivity contribution is 9.10. The normalized spacial score (nSPS) is 24.6. The predicted octanol–water partition coefficient (Wildman–Crippen LogP) is 1.97. The van der Waals surface area contributed by atoms with Crippen LogP contribution in [0, 0.1) is 5.92 Å². The fourth-order valence-electron chi connectivity index (χ4n) is 2.26. The first-order valence-electron chi connectivity index (χ1n) is 5.94. The van der Waals surface area contributed by atoms with E-state index in [2.05, 4.69) is 27.6 Å². The molecule has 0 aliphatic heterocycles. The first-order chi connectivity index (χ1) is 8.44. The maximum absolute atomic E-state index is 12.2. The lowest BCUT2D eigenvalue weighted by atomic mass is 10.1. The van der Waals surface area contributed by atoms with Crippen molar-refractivity contribution in [2.75, 3.05) is 0 Å². The number of furan rings is 1. The fraction of sp³-hybridized carbons (Fsp3) is 0.636. The molecule has 0 bridgehead atoms. The van der Waals surface area contributed by atoms with Crippen molar-refractivity contribution in [2.24, 2.45) is 11.7 Å². The van der Waals surface area contributed by atoms with Gasteiger partial charge in [-0.15, -0.1) is 0 Å². The van der Waals surface area contributed by atoms with Gasteiger partial charge in [0, 0.05) is 12.1 Å². The summed E-state index contributed by atoms with van der Waals surface area (Å²) in [7, 11) is -3.54. The molecular weight excluding hydrogens is 320 g/mol. The van der Waals surface area contributed by atoms with Gasteiger partial charge < -0.3 is 10.2 Å². The predicted molar refractivity (Wildman–Crippen MR) is 71.4 cm³/mol. The molecule has 1 saturated carbocycles. The zero-order valence-corrected chi connectivity index (χ0v) is 12.6. The lowest BCUT2D eigenvalue weighted by molar-refractivity contribution is 0.470. The Kier molecular flexibility index (Phi) is 4.15. The van der Waals surface area contributed by atoms with Gasteiger partial charge in [-0.25, -0.2) is 13.1 Å². The van der Waals surface area contributed by atoms with Crippen LogP contribution in [0.5, 0.6) is 0 Å². The summed E-state index contributed by atoms with van der Waals surface area (Å²) in [4.78, 5) is 0.127. The van der Waals surface area contributed by atoms with E-state index in [9.17, 15) is 8.42 Å². The van der Waals surface area contributed by atoms with E-state index in [-0.39, 0.29) is 22.2 Å². The Balaban J connectivity index is 2.22. The summed E-state index contributed by atoms with van der Waals surface area (Å²) < 4.78 is 32.6. The van der Waals surface area contributed by atoms with Crippen molar-refractivity contribution < 1.29 is 12.8 Å². The van der Waals surface area contributed by atoms with Crippen LogP contribution in [-0.4, -0.2) is 14.5 Å². The summed E-state index contributed by atoms with van der Waals surface area (Å²) in [6, 6.07) is 1.48. The number of rotatable bonds is 4. The van der Waals surface area contributed by atoms with E-state index in [1.807, 2.05) is 0 Å². The quantitative estimate of drug-likeness (QED) is 0.880. The van der Waals surface area contributed by atoms with E-state index in [0.29, 0.717) is 11.7 Å². The Bertz CT molecular complexity index is 526. The monoisotopic (exact) mass is 336 g/mol. The number of nitrogens with two attached hydrogens (primary N) is 1. The average molecular weight is 337 g/mol. The Morgan fingerprint density at radius 3 is 2.78 bits per heavy atom. The molecule has 0 aromatic carbocycles. The number of sulfonamides is 1. The van der Waals surface area contributed by atoms with Crippen LogP contribution < -0.4 is 10.5 Å². The third-order valence-corrected chi connectivity index (χ3v) is 5.71. The molecule has 1 aliphatic carbocycles. The second-order valence-corrected chi connectivity index (χ2v) is 7.09. The van der Waals surface area contributed by atoms with E-state index in [0.717, 1.165) is 19.3 Å². The molecule has 5 nitrogen and oxygen atoms in total. The first-order valence-corrected chi connectivity index (χ1v) is 8.22. The largest absolute Gasteiger partial charge is 0.452 e. The Hall–Kier alpha value is -0.370. The van der Waals surface area contributed by atoms with Crippen LogP contribution in [0.25, 0.3) is 0 Å². The molecule has 0 saturated heterocycles. The molecule has 0 radical (unpaired) electrons. The van der Waals surface area contributed by atoms with Gasteiger partial charge in [-0.1, -0.05) is 13.3 Å². The minimum absolute atomic E-state index is 0.0122. The molecule has 1 aromatic heterocycles. The molecule has 2 unspecified atom stereocenters. The van der Waals surface area contributed by atoms with Crippen molar-refractivity contribution in [3.8, 4) is 0 Å². The van der Waals surface area contributed by atoms with Crippen LogP contribution in [0.1, 0.15) is 31.9 Å². The summed E-state index contributed by atoms with van der Waals surface area (Å²) in [6.07, 6.45) is 3.02. The van der Waals surface area contributed by atoms with Crippen LogP contribution in [0.4, 0.5) is 0 Å². The molecule has 102 valence electrons. The molecule has 18 heavy (non-hydrogen) atoms. The van der Waals surface area contributed by atoms with Crippen molar-refractivity contribution in [1.82, 2.24) is 4.72 Å². The molecule has 0 spiro atoms. The average Bonchev–Trinajstić information content (AvgIpc) is 2.86. The van der Waals surface area contributed by atoms with Gasteiger partial charge in [-0.2, -0.15) is 0 Å². The van der Waals surface area contributed by atoms with Crippen LogP contribution in [0.15, 0.2) is 20.0 Å². The minimum Gasteiger partial charge on any atom is -0.452 e. The smallest absolute Gasteiger partial charge is 0.245 e. The maximum Gasteiger partial charge on any atom is 0.245 e. The standard InChI is InChI=1S/C11H17BrN2O3S/c1-7-3-2-4-9(7)14-18(15,16)10-5-8(6-13)17-11(10)12/h5,7,9,14H,2-4,6,13H2,1H3. The van der Waals surface area contributed by atoms with Crippen molar-refractivity contribution in [1.29, 1.82) is 0 Å². The van der Waals surface area contributed by atoms with Gasteiger partial charge in [0.2, 0.25) is 10.0 Å². The molecule has 2 atom stereocenters.